The van der Waals surface area contributed by atoms with E-state index in [4.69, 9.17) is 16.3 Å². The zero-order chi connectivity index (χ0) is 22.8. The lowest BCUT2D eigenvalue weighted by Gasteiger charge is -2.14. The molecule has 2 N–H and O–H groups in total. The van der Waals surface area contributed by atoms with Gasteiger partial charge >= 0.3 is 12.2 Å². The molecule has 1 aliphatic heterocycles. The van der Waals surface area contributed by atoms with Crippen molar-refractivity contribution in [1.82, 2.24) is 10.2 Å². The van der Waals surface area contributed by atoms with E-state index in [1.54, 1.807) is 24.3 Å². The van der Waals surface area contributed by atoms with Gasteiger partial charge in [-0.25, -0.2) is 9.69 Å². The molecular formula is C20H15ClF3N3O4. The standard InChI is InChI=1S/C20H15ClF3N3O4/c1-31-13-5-2-11(3-6-13)8-16-18(29)27(19(30)26-16)10-17(28)25-15-9-12(20(22,23)24)4-7-14(15)21/h2-9H,10H2,1H3,(H,25,28)(H,26,30)/b16-8+. The number of alkyl halides is 3. The molecule has 0 atom stereocenters. The Morgan fingerprint density at radius 2 is 1.87 bits per heavy atom. The number of benzene rings is 2. The lowest BCUT2D eigenvalue weighted by atomic mass is 10.2. The van der Waals surface area contributed by atoms with Crippen molar-refractivity contribution in [2.45, 2.75) is 6.18 Å². The first kappa shape index (κ1) is 22.2. The van der Waals surface area contributed by atoms with Gasteiger partial charge in [0.2, 0.25) is 5.91 Å². The summed E-state index contributed by atoms with van der Waals surface area (Å²) in [5.74, 6) is -1.04. The van der Waals surface area contributed by atoms with E-state index in [0.29, 0.717) is 22.3 Å². The number of carbonyl (C=O) groups excluding carboxylic acids is 3. The fourth-order valence-corrected chi connectivity index (χ4v) is 2.88. The summed E-state index contributed by atoms with van der Waals surface area (Å²) in [7, 11) is 1.50. The molecule has 0 radical (unpaired) electrons. The lowest BCUT2D eigenvalue weighted by Crippen LogP contribution is -2.38. The molecule has 0 unspecified atom stereocenters. The van der Waals surface area contributed by atoms with Gasteiger partial charge in [0.15, 0.2) is 0 Å². The van der Waals surface area contributed by atoms with Crippen LogP contribution in [-0.4, -0.2) is 36.4 Å². The number of hydrogen-bond acceptors (Lipinski definition) is 4. The average molecular weight is 454 g/mol. The van der Waals surface area contributed by atoms with Crippen molar-refractivity contribution in [3.8, 4) is 5.75 Å². The molecular weight excluding hydrogens is 439 g/mol. The van der Waals surface area contributed by atoms with E-state index in [9.17, 15) is 27.6 Å². The van der Waals surface area contributed by atoms with E-state index < -0.39 is 36.1 Å². The maximum Gasteiger partial charge on any atom is 0.416 e. The topological polar surface area (TPSA) is 87.7 Å². The van der Waals surface area contributed by atoms with Crippen molar-refractivity contribution in [2.24, 2.45) is 0 Å². The smallest absolute Gasteiger partial charge is 0.416 e. The third-order valence-corrected chi connectivity index (χ3v) is 4.59. The van der Waals surface area contributed by atoms with Crippen LogP contribution < -0.4 is 15.4 Å². The number of nitrogens with one attached hydrogen (secondary N) is 2. The van der Waals surface area contributed by atoms with Gasteiger partial charge in [0.25, 0.3) is 5.91 Å². The quantitative estimate of drug-likeness (QED) is 0.531. The number of ether oxygens (including phenoxy) is 1. The van der Waals surface area contributed by atoms with Gasteiger partial charge in [0.1, 0.15) is 18.0 Å². The highest BCUT2D eigenvalue weighted by Gasteiger charge is 2.35. The number of imide groups is 1. The molecule has 0 bridgehead atoms. The minimum atomic E-state index is -4.63. The summed E-state index contributed by atoms with van der Waals surface area (Å²) in [6.07, 6.45) is -3.21. The van der Waals surface area contributed by atoms with Crippen LogP contribution in [0.1, 0.15) is 11.1 Å². The predicted octanol–water partition coefficient (Wildman–Crippen LogP) is 3.90. The summed E-state index contributed by atoms with van der Waals surface area (Å²) >= 11 is 5.84. The van der Waals surface area contributed by atoms with Crippen LogP contribution in [0.2, 0.25) is 5.02 Å². The second-order valence-corrected chi connectivity index (χ2v) is 6.80. The Bertz CT molecular complexity index is 1070. The van der Waals surface area contributed by atoms with Crippen LogP contribution in [0.25, 0.3) is 6.08 Å². The maximum atomic E-state index is 12.9. The Morgan fingerprint density at radius 1 is 1.19 bits per heavy atom. The van der Waals surface area contributed by atoms with Crippen LogP contribution in [0.5, 0.6) is 5.75 Å². The molecule has 1 heterocycles. The summed E-state index contributed by atoms with van der Waals surface area (Å²) in [4.78, 5) is 37.5. The SMILES string of the molecule is COc1ccc(/C=C2/NC(=O)N(CC(=O)Nc3cc(C(F)(F)F)ccc3Cl)C2=O)cc1. The summed E-state index contributed by atoms with van der Waals surface area (Å²) < 4.78 is 43.6. The van der Waals surface area contributed by atoms with Gasteiger partial charge < -0.3 is 15.4 Å². The highest BCUT2D eigenvalue weighted by Crippen LogP contribution is 2.33. The number of halogens is 4. The number of rotatable bonds is 5. The highest BCUT2D eigenvalue weighted by molar-refractivity contribution is 6.33. The van der Waals surface area contributed by atoms with Gasteiger partial charge in [-0.3, -0.25) is 9.59 Å². The van der Waals surface area contributed by atoms with Crippen LogP contribution in [0.4, 0.5) is 23.7 Å². The fraction of sp³-hybridized carbons (Fsp3) is 0.150. The molecule has 1 aliphatic rings. The summed E-state index contributed by atoms with van der Waals surface area (Å²) in [5, 5.41) is 4.42. The maximum absolute atomic E-state index is 12.9. The zero-order valence-corrected chi connectivity index (χ0v) is 16.7. The van der Waals surface area contributed by atoms with E-state index >= 15 is 0 Å². The van der Waals surface area contributed by atoms with Crippen LogP contribution in [0.3, 0.4) is 0 Å². The van der Waals surface area contributed by atoms with Gasteiger partial charge in [-0.05, 0) is 42.0 Å². The van der Waals surface area contributed by atoms with E-state index in [1.165, 1.54) is 13.2 Å². The second-order valence-electron chi connectivity index (χ2n) is 6.39. The first-order valence-corrected chi connectivity index (χ1v) is 9.11. The van der Waals surface area contributed by atoms with Gasteiger partial charge in [-0.1, -0.05) is 23.7 Å². The van der Waals surface area contributed by atoms with Gasteiger partial charge in [0, 0.05) is 0 Å². The fourth-order valence-electron chi connectivity index (χ4n) is 2.71. The Labute approximate surface area is 179 Å². The van der Waals surface area contributed by atoms with Crippen LogP contribution in [0.15, 0.2) is 48.2 Å². The molecule has 0 spiro atoms. The highest BCUT2D eigenvalue weighted by atomic mass is 35.5. The largest absolute Gasteiger partial charge is 0.497 e. The predicted molar refractivity (Wildman–Crippen MR) is 106 cm³/mol. The van der Waals surface area contributed by atoms with Crippen molar-refractivity contribution < 1.29 is 32.3 Å². The number of nitrogens with zero attached hydrogens (tertiary/aromatic N) is 1. The minimum Gasteiger partial charge on any atom is -0.497 e. The normalized spacial score (nSPS) is 15.3. The van der Waals surface area contributed by atoms with Gasteiger partial charge in [-0.2, -0.15) is 13.2 Å². The molecule has 4 amide bonds. The Hall–Kier alpha value is -3.53. The number of carbonyl (C=O) groups is 3. The average Bonchev–Trinajstić information content (AvgIpc) is 2.96. The molecule has 0 aromatic heterocycles. The first-order valence-electron chi connectivity index (χ1n) is 8.73. The van der Waals surface area contributed by atoms with Crippen molar-refractivity contribution in [1.29, 1.82) is 0 Å². The number of urea groups is 1. The Morgan fingerprint density at radius 3 is 2.48 bits per heavy atom. The molecule has 3 rings (SSSR count). The van der Waals surface area contributed by atoms with Crippen molar-refractivity contribution in [3.05, 3.63) is 64.3 Å². The van der Waals surface area contributed by atoms with Gasteiger partial charge in [-0.15, -0.1) is 0 Å². The summed E-state index contributed by atoms with van der Waals surface area (Å²) in [5.41, 5.74) is -0.749. The summed E-state index contributed by atoms with van der Waals surface area (Å²) in [6.45, 7) is -0.711. The van der Waals surface area contributed by atoms with Crippen LogP contribution in [-0.2, 0) is 15.8 Å². The number of methoxy groups -OCH3 is 1. The molecule has 1 fully saturated rings. The molecule has 11 heteroatoms. The Balaban J connectivity index is 1.71. The molecule has 2 aromatic rings. The first-order chi connectivity index (χ1) is 14.6. The molecule has 7 nitrogen and oxygen atoms in total. The van der Waals surface area contributed by atoms with Gasteiger partial charge in [0.05, 0.1) is 23.4 Å². The Kier molecular flexibility index (Phi) is 6.21. The molecule has 0 saturated carbocycles. The minimum absolute atomic E-state index is 0.0555. The number of hydrogen-bond donors (Lipinski definition) is 2. The third-order valence-electron chi connectivity index (χ3n) is 4.26. The third kappa shape index (κ3) is 5.15. The molecule has 31 heavy (non-hydrogen) atoms. The zero-order valence-electron chi connectivity index (χ0n) is 15.9. The van der Waals surface area contributed by atoms with Crippen molar-refractivity contribution in [3.63, 3.8) is 0 Å². The van der Waals surface area contributed by atoms with Crippen molar-refractivity contribution >= 4 is 41.2 Å². The van der Waals surface area contributed by atoms with E-state index in [-0.39, 0.29) is 16.4 Å². The van der Waals surface area contributed by atoms with E-state index in [1.807, 2.05) is 0 Å². The lowest BCUT2D eigenvalue weighted by molar-refractivity contribution is -0.137. The molecule has 2 aromatic carbocycles. The van der Waals surface area contributed by atoms with Crippen LogP contribution >= 0.6 is 11.6 Å². The molecule has 0 aliphatic carbocycles. The monoisotopic (exact) mass is 453 g/mol. The number of amides is 4. The molecule has 162 valence electrons. The van der Waals surface area contributed by atoms with Crippen molar-refractivity contribution in [2.75, 3.05) is 19.0 Å². The van der Waals surface area contributed by atoms with Crippen LogP contribution in [0, 0.1) is 0 Å². The second kappa shape index (κ2) is 8.68. The van der Waals surface area contributed by atoms with E-state index in [0.717, 1.165) is 12.1 Å². The van der Waals surface area contributed by atoms with E-state index in [2.05, 4.69) is 10.6 Å². The number of anilines is 1. The summed E-state index contributed by atoms with van der Waals surface area (Å²) in [6, 6.07) is 8.24. The molecule has 1 saturated heterocycles.